The summed E-state index contributed by atoms with van der Waals surface area (Å²) in [5.41, 5.74) is 22.4. The standard InChI is InChI=1S/C56H52N4O/c1-33-30-34(2)50(35(3)31-33)54-48-28-26-46(59-48)52(38-14-18-40(19-15-38)55(4,5)6)44-24-22-42(57-44)51(37-12-10-36(32-61)11-13-37)43-23-25-45(58-43)53(47-27-29-49(54)60-47)39-16-20-41(21-17-39)56(7,8)9/h10-32,57,60H,1-9H3. The van der Waals surface area contributed by atoms with Crippen molar-refractivity contribution in [3.63, 3.8) is 0 Å². The number of fused-ring (bicyclic) bond motifs is 8. The summed E-state index contributed by atoms with van der Waals surface area (Å²) in [4.78, 5) is 30.5. The quantitative estimate of drug-likeness (QED) is 0.170. The molecule has 8 bridgehead atoms. The number of hydrogen-bond acceptors (Lipinski definition) is 3. The minimum atomic E-state index is 0.0132. The van der Waals surface area contributed by atoms with E-state index in [2.05, 4.69) is 182 Å². The molecule has 7 aromatic rings. The van der Waals surface area contributed by atoms with E-state index in [4.69, 9.17) is 9.97 Å². The van der Waals surface area contributed by atoms with E-state index < -0.39 is 0 Å². The van der Waals surface area contributed by atoms with Crippen molar-refractivity contribution in [3.05, 3.63) is 165 Å². The van der Waals surface area contributed by atoms with Crippen LogP contribution >= 0.6 is 0 Å². The van der Waals surface area contributed by atoms with Crippen LogP contribution in [0, 0.1) is 20.8 Å². The highest BCUT2D eigenvalue weighted by Gasteiger charge is 2.22. The molecule has 2 N–H and O–H groups in total. The van der Waals surface area contributed by atoms with Gasteiger partial charge in [0.25, 0.3) is 0 Å². The smallest absolute Gasteiger partial charge is 0.150 e. The van der Waals surface area contributed by atoms with E-state index in [1.807, 2.05) is 24.3 Å². The number of carbonyl (C=O) groups excluding carboxylic acids is 1. The van der Waals surface area contributed by atoms with Crippen LogP contribution in [0.4, 0.5) is 0 Å². The molecule has 0 unspecified atom stereocenters. The minimum absolute atomic E-state index is 0.0132. The summed E-state index contributed by atoms with van der Waals surface area (Å²) < 4.78 is 0. The van der Waals surface area contributed by atoms with Crippen molar-refractivity contribution in [2.45, 2.75) is 73.1 Å². The molecule has 5 heteroatoms. The van der Waals surface area contributed by atoms with E-state index in [9.17, 15) is 4.79 Å². The number of carbonyl (C=O) groups is 1. The Kier molecular flexibility index (Phi) is 9.74. The first-order chi connectivity index (χ1) is 29.2. The van der Waals surface area contributed by atoms with E-state index >= 15 is 0 Å². The predicted molar refractivity (Wildman–Crippen MR) is 258 cm³/mol. The molecule has 2 aliphatic heterocycles. The van der Waals surface area contributed by atoms with Gasteiger partial charge >= 0.3 is 0 Å². The van der Waals surface area contributed by atoms with Crippen LogP contribution in [-0.4, -0.2) is 26.2 Å². The summed E-state index contributed by atoms with van der Waals surface area (Å²) in [6.07, 6.45) is 9.45. The van der Waals surface area contributed by atoms with Crippen molar-refractivity contribution in [3.8, 4) is 44.5 Å². The molecule has 0 radical (unpaired) electrons. The number of rotatable bonds is 5. The summed E-state index contributed by atoms with van der Waals surface area (Å²) in [6.45, 7) is 20.0. The maximum Gasteiger partial charge on any atom is 0.150 e. The lowest BCUT2D eigenvalue weighted by Crippen LogP contribution is -2.10. The SMILES string of the molecule is Cc1cc(C)c(-c2c3nc(c(-c4ccc(C(C)(C)C)cc4)c4ccc([nH]4)c(-c4ccc(C=O)cc4)c4nc(c(-c5ccc(C(C)(C)C)cc5)c5ccc2[nH]5)C=C4)C=C3)c(C)c1. The number of aldehydes is 1. The zero-order valence-corrected chi connectivity index (χ0v) is 36.6. The maximum atomic E-state index is 11.8. The monoisotopic (exact) mass is 796 g/mol. The molecule has 2 aliphatic rings. The summed E-state index contributed by atoms with van der Waals surface area (Å²) in [7, 11) is 0. The van der Waals surface area contributed by atoms with E-state index in [0.29, 0.717) is 5.56 Å². The molecule has 5 nitrogen and oxygen atoms in total. The molecule has 0 saturated carbocycles. The minimum Gasteiger partial charge on any atom is -0.354 e. The Morgan fingerprint density at radius 2 is 0.754 bits per heavy atom. The molecule has 4 aromatic carbocycles. The average molecular weight is 797 g/mol. The fourth-order valence-corrected chi connectivity index (χ4v) is 8.96. The van der Waals surface area contributed by atoms with E-state index in [-0.39, 0.29) is 10.8 Å². The van der Waals surface area contributed by atoms with Gasteiger partial charge in [-0.25, -0.2) is 9.97 Å². The lowest BCUT2D eigenvalue weighted by Gasteiger charge is -2.19. The molecule has 0 spiro atoms. The van der Waals surface area contributed by atoms with E-state index in [1.54, 1.807) is 0 Å². The number of aromatic nitrogens is 4. The third-order valence-corrected chi connectivity index (χ3v) is 12.1. The number of benzene rings is 4. The first-order valence-electron chi connectivity index (χ1n) is 21.2. The fourth-order valence-electron chi connectivity index (χ4n) is 8.96. The van der Waals surface area contributed by atoms with Crippen LogP contribution < -0.4 is 0 Å². The summed E-state index contributed by atoms with van der Waals surface area (Å²) >= 11 is 0. The topological polar surface area (TPSA) is 74.4 Å². The summed E-state index contributed by atoms with van der Waals surface area (Å²) in [5, 5.41) is 0. The molecule has 61 heavy (non-hydrogen) atoms. The number of nitrogens with one attached hydrogen (secondary N) is 2. The Morgan fingerprint density at radius 1 is 0.426 bits per heavy atom. The van der Waals surface area contributed by atoms with Gasteiger partial charge in [0.2, 0.25) is 0 Å². The van der Waals surface area contributed by atoms with Crippen molar-refractivity contribution in [2.75, 3.05) is 0 Å². The molecular weight excluding hydrogens is 745 g/mol. The van der Waals surface area contributed by atoms with Crippen LogP contribution in [-0.2, 0) is 10.8 Å². The van der Waals surface area contributed by atoms with Crippen molar-refractivity contribution < 1.29 is 4.79 Å². The molecule has 0 fully saturated rings. The molecule has 5 heterocycles. The van der Waals surface area contributed by atoms with Gasteiger partial charge in [-0.05, 0) is 125 Å². The molecule has 0 atom stereocenters. The Labute approximate surface area is 359 Å². The third-order valence-electron chi connectivity index (χ3n) is 12.1. The highest BCUT2D eigenvalue weighted by molar-refractivity contribution is 6.00. The number of H-pyrrole nitrogens is 2. The van der Waals surface area contributed by atoms with Gasteiger partial charge in [0.1, 0.15) is 6.29 Å². The van der Waals surface area contributed by atoms with Gasteiger partial charge in [0.05, 0.1) is 22.8 Å². The normalized spacial score (nSPS) is 12.6. The van der Waals surface area contributed by atoms with Gasteiger partial charge in [-0.3, -0.25) is 4.79 Å². The zero-order chi connectivity index (χ0) is 42.8. The number of hydrogen-bond donors (Lipinski definition) is 2. The van der Waals surface area contributed by atoms with Crippen molar-refractivity contribution in [2.24, 2.45) is 0 Å². The fraction of sp³-hybridized carbons (Fsp3) is 0.196. The van der Waals surface area contributed by atoms with Gasteiger partial charge in [0, 0.05) is 49.9 Å². The van der Waals surface area contributed by atoms with Crippen LogP contribution in [0.25, 0.3) is 90.9 Å². The second-order valence-corrected chi connectivity index (χ2v) is 18.7. The lowest BCUT2D eigenvalue weighted by atomic mass is 9.86. The Morgan fingerprint density at radius 3 is 1.10 bits per heavy atom. The largest absolute Gasteiger partial charge is 0.354 e. The molecular formula is C56H52N4O. The zero-order valence-electron chi connectivity index (χ0n) is 36.6. The van der Waals surface area contributed by atoms with Crippen LogP contribution in [0.2, 0.25) is 0 Å². The van der Waals surface area contributed by atoms with Crippen LogP contribution in [0.3, 0.4) is 0 Å². The van der Waals surface area contributed by atoms with Crippen molar-refractivity contribution in [1.82, 2.24) is 19.9 Å². The van der Waals surface area contributed by atoms with Gasteiger partial charge < -0.3 is 9.97 Å². The van der Waals surface area contributed by atoms with Crippen molar-refractivity contribution >= 4 is 52.7 Å². The number of aromatic amines is 2. The van der Waals surface area contributed by atoms with E-state index in [1.165, 1.54) is 33.4 Å². The first-order valence-corrected chi connectivity index (χ1v) is 21.2. The van der Waals surface area contributed by atoms with Crippen LogP contribution in [0.1, 0.15) is 102 Å². The average Bonchev–Trinajstić information content (AvgIpc) is 4.07. The molecule has 302 valence electrons. The molecule has 3 aromatic heterocycles. The summed E-state index contributed by atoms with van der Waals surface area (Å²) in [5.74, 6) is 0. The van der Waals surface area contributed by atoms with Gasteiger partial charge in [-0.1, -0.05) is 132 Å². The Bertz CT molecular complexity index is 3020. The molecule has 0 saturated heterocycles. The van der Waals surface area contributed by atoms with Crippen LogP contribution in [0.5, 0.6) is 0 Å². The number of aryl methyl sites for hydroxylation is 3. The molecule has 9 rings (SSSR count). The predicted octanol–water partition coefficient (Wildman–Crippen LogP) is 14.7. The highest BCUT2D eigenvalue weighted by Crippen LogP contribution is 2.41. The third kappa shape index (κ3) is 7.39. The Hall–Kier alpha value is -6.85. The first kappa shape index (κ1) is 39.6. The second kappa shape index (κ2) is 15.0. The maximum absolute atomic E-state index is 11.8. The van der Waals surface area contributed by atoms with Crippen molar-refractivity contribution in [1.29, 1.82) is 0 Å². The Balaban J connectivity index is 1.45. The van der Waals surface area contributed by atoms with Gasteiger partial charge in [0.15, 0.2) is 0 Å². The van der Waals surface area contributed by atoms with Gasteiger partial charge in [-0.15, -0.1) is 0 Å². The van der Waals surface area contributed by atoms with Crippen LogP contribution in [0.15, 0.2) is 109 Å². The van der Waals surface area contributed by atoms with Gasteiger partial charge in [-0.2, -0.15) is 0 Å². The second-order valence-electron chi connectivity index (χ2n) is 18.7. The molecule has 0 amide bonds. The highest BCUT2D eigenvalue weighted by atomic mass is 16.1. The number of nitrogens with zero attached hydrogens (tertiary/aromatic N) is 2. The molecule has 0 aliphatic carbocycles. The van der Waals surface area contributed by atoms with E-state index in [0.717, 1.165) is 90.1 Å². The summed E-state index contributed by atoms with van der Waals surface area (Å²) in [6, 6.07) is 38.8. The lowest BCUT2D eigenvalue weighted by molar-refractivity contribution is 0.112.